The van der Waals surface area contributed by atoms with E-state index < -0.39 is 110 Å². The minimum absolute atomic E-state index is 0.0313. The van der Waals surface area contributed by atoms with Gasteiger partial charge >= 0.3 is 11.9 Å². The average molecular weight is 723 g/mol. The van der Waals surface area contributed by atoms with Crippen LogP contribution < -0.4 is 10.2 Å². The molecule has 0 amide bonds. The van der Waals surface area contributed by atoms with Crippen molar-refractivity contribution >= 4 is 22.9 Å². The van der Waals surface area contributed by atoms with Crippen LogP contribution >= 0.6 is 0 Å². The number of phenolic OH excluding ortho intramolecular Hbond substituents is 2. The van der Waals surface area contributed by atoms with Crippen molar-refractivity contribution in [2.75, 3.05) is 6.61 Å². The molecule has 0 bridgehead atoms. The van der Waals surface area contributed by atoms with Crippen molar-refractivity contribution in [1.29, 1.82) is 0 Å². The second kappa shape index (κ2) is 15.1. The first kappa shape index (κ1) is 37.9. The van der Waals surface area contributed by atoms with Gasteiger partial charge in [0.1, 0.15) is 77.2 Å². The fraction of sp³-hybridized carbons (Fsp3) is 0.485. The van der Waals surface area contributed by atoms with Gasteiger partial charge in [-0.2, -0.15) is 0 Å². The maximum Gasteiger partial charge on any atom is 0.308 e. The second-order valence-electron chi connectivity index (χ2n) is 12.7. The van der Waals surface area contributed by atoms with Crippen molar-refractivity contribution in [2.45, 2.75) is 93.7 Å². The quantitative estimate of drug-likeness (QED) is 0.108. The molecule has 18 heteroatoms. The van der Waals surface area contributed by atoms with Gasteiger partial charge in [0.25, 0.3) is 0 Å². The van der Waals surface area contributed by atoms with Gasteiger partial charge < -0.3 is 74.1 Å². The molecule has 51 heavy (non-hydrogen) atoms. The van der Waals surface area contributed by atoms with E-state index in [1.165, 1.54) is 37.3 Å². The van der Waals surface area contributed by atoms with Crippen LogP contribution in [0.2, 0.25) is 0 Å². The van der Waals surface area contributed by atoms with E-state index in [9.17, 15) is 55.2 Å². The van der Waals surface area contributed by atoms with Crippen LogP contribution in [0.5, 0.6) is 17.2 Å². The van der Waals surface area contributed by atoms with Gasteiger partial charge in [0.05, 0.1) is 24.5 Å². The van der Waals surface area contributed by atoms with E-state index in [-0.39, 0.29) is 28.2 Å². The smallest absolute Gasteiger partial charge is 0.308 e. The first-order chi connectivity index (χ1) is 23.9. The minimum atomic E-state index is -1.97. The highest BCUT2D eigenvalue weighted by molar-refractivity contribution is 5.86. The Morgan fingerprint density at radius 3 is 2.22 bits per heavy atom. The Bertz CT molecular complexity index is 1770. The number of aliphatic hydroxyl groups excluding tert-OH is 5. The summed E-state index contributed by atoms with van der Waals surface area (Å²) in [5, 5.41) is 92.4. The molecule has 2 aliphatic heterocycles. The van der Waals surface area contributed by atoms with E-state index in [2.05, 4.69) is 0 Å². The fourth-order valence-corrected chi connectivity index (χ4v) is 5.70. The molecule has 0 saturated carbocycles. The molecule has 5 rings (SSSR count). The number of fused-ring (bicyclic) bond motifs is 1. The van der Waals surface area contributed by atoms with Crippen LogP contribution in [0.4, 0.5) is 0 Å². The lowest BCUT2D eigenvalue weighted by molar-refractivity contribution is -0.354. The number of aliphatic hydroxyl groups is 6. The van der Waals surface area contributed by atoms with Crippen molar-refractivity contribution in [3.63, 3.8) is 0 Å². The first-order valence-electron chi connectivity index (χ1n) is 15.7. The predicted molar refractivity (Wildman–Crippen MR) is 168 cm³/mol. The van der Waals surface area contributed by atoms with E-state index in [0.29, 0.717) is 5.56 Å². The summed E-state index contributed by atoms with van der Waals surface area (Å²) in [6.45, 7) is 1.74. The normalized spacial score (nSPS) is 30.7. The highest BCUT2D eigenvalue weighted by Crippen LogP contribution is 2.35. The highest BCUT2D eigenvalue weighted by Gasteiger charge is 2.51. The third-order valence-corrected chi connectivity index (χ3v) is 8.40. The summed E-state index contributed by atoms with van der Waals surface area (Å²) in [6.07, 6.45) is -18.2. The molecule has 0 aliphatic carbocycles. The van der Waals surface area contributed by atoms with Crippen LogP contribution in [0, 0.1) is 0 Å². The van der Waals surface area contributed by atoms with Crippen molar-refractivity contribution in [3.8, 4) is 28.6 Å². The molecule has 2 fully saturated rings. The molecule has 11 atom stereocenters. The van der Waals surface area contributed by atoms with E-state index in [1.54, 1.807) is 0 Å². The molecule has 0 spiro atoms. The lowest BCUT2D eigenvalue weighted by atomic mass is 9.97. The zero-order chi connectivity index (χ0) is 37.4. The van der Waals surface area contributed by atoms with Crippen LogP contribution in [0.1, 0.15) is 26.7 Å². The number of benzene rings is 2. The van der Waals surface area contributed by atoms with Crippen LogP contribution in [0.15, 0.2) is 51.7 Å². The summed E-state index contributed by atoms with van der Waals surface area (Å²) in [6, 6.07) is 9.07. The van der Waals surface area contributed by atoms with Gasteiger partial charge in [0, 0.05) is 23.8 Å². The molecule has 0 radical (unpaired) electrons. The number of rotatable bonds is 11. The Kier molecular flexibility index (Phi) is 11.2. The Labute approximate surface area is 288 Å². The third kappa shape index (κ3) is 8.58. The number of hydrogen-bond acceptors (Lipinski definition) is 17. The molecule has 3 aromatic rings. The molecule has 2 aromatic carbocycles. The summed E-state index contributed by atoms with van der Waals surface area (Å²) >= 11 is 0. The topological polar surface area (TPSA) is 293 Å². The van der Waals surface area contributed by atoms with Gasteiger partial charge in [0.15, 0.2) is 17.8 Å². The lowest BCUT2D eigenvalue weighted by Gasteiger charge is -2.45. The van der Waals surface area contributed by atoms with Crippen molar-refractivity contribution in [3.05, 3.63) is 52.7 Å². The predicted octanol–water partition coefficient (Wildman–Crippen LogP) is -0.932. The third-order valence-electron chi connectivity index (χ3n) is 8.40. The van der Waals surface area contributed by atoms with Gasteiger partial charge in [-0.25, -0.2) is 0 Å². The van der Waals surface area contributed by atoms with Gasteiger partial charge in [-0.1, -0.05) is 0 Å². The first-order valence-corrected chi connectivity index (χ1v) is 15.7. The molecule has 278 valence electrons. The number of hydrogen-bond donors (Lipinski definition) is 9. The summed E-state index contributed by atoms with van der Waals surface area (Å²) in [4.78, 5) is 36.4. The maximum absolute atomic E-state index is 13.0. The zero-order valence-corrected chi connectivity index (χ0v) is 27.1. The molecule has 3 heterocycles. The Balaban J connectivity index is 1.44. The van der Waals surface area contributed by atoms with Crippen molar-refractivity contribution in [2.24, 2.45) is 0 Å². The zero-order valence-electron chi connectivity index (χ0n) is 27.1. The van der Waals surface area contributed by atoms with E-state index in [0.717, 1.165) is 19.1 Å². The monoisotopic (exact) mass is 722 g/mol. The van der Waals surface area contributed by atoms with E-state index in [1.807, 2.05) is 0 Å². The van der Waals surface area contributed by atoms with Crippen molar-refractivity contribution in [1.82, 2.24) is 0 Å². The van der Waals surface area contributed by atoms with Gasteiger partial charge in [0.2, 0.25) is 6.29 Å². The van der Waals surface area contributed by atoms with Gasteiger partial charge in [-0.3, -0.25) is 14.4 Å². The average Bonchev–Trinajstić information content (AvgIpc) is 3.04. The van der Waals surface area contributed by atoms with Crippen LogP contribution in [-0.2, 0) is 28.5 Å². The summed E-state index contributed by atoms with van der Waals surface area (Å²) in [5.41, 5.74) is -2.34. The summed E-state index contributed by atoms with van der Waals surface area (Å²) in [5.74, 6) is -3.22. The number of carboxylic acids is 1. The minimum Gasteiger partial charge on any atom is -0.508 e. The molecule has 1 aromatic heterocycles. The standard InChI is InChI=1S/C33H38O18/c1-13-25(40)27(42)29(44)31(47-13)51-30-28(43)26(41)21(12-46-23(39)11-33(2,45)10-22(37)38)50-32(30)48-16-7-17(35)24-18(36)9-19(49-20(24)8-16)14-3-5-15(34)6-4-14/h3-9,13,21,25-32,34-35,40-45H,10-12H2,1-2H3,(H,37,38)/t13-,21+,25-,26+,27+,28-,29+,30+,31-,32+,33?/m0/s1. The highest BCUT2D eigenvalue weighted by atomic mass is 16.8. The lowest BCUT2D eigenvalue weighted by Crippen LogP contribution is -2.64. The number of carbonyl (C=O) groups is 2. The summed E-state index contributed by atoms with van der Waals surface area (Å²) in [7, 11) is 0. The summed E-state index contributed by atoms with van der Waals surface area (Å²) < 4.78 is 33.9. The Morgan fingerprint density at radius 2 is 1.55 bits per heavy atom. The fourth-order valence-electron chi connectivity index (χ4n) is 5.70. The number of aromatic hydroxyl groups is 2. The van der Waals surface area contributed by atoms with Gasteiger partial charge in [-0.05, 0) is 38.1 Å². The number of ether oxygens (including phenoxy) is 5. The van der Waals surface area contributed by atoms with Crippen LogP contribution in [-0.4, -0.2) is 132 Å². The Morgan fingerprint density at radius 1 is 0.863 bits per heavy atom. The largest absolute Gasteiger partial charge is 0.508 e. The Hall–Kier alpha value is -4.37. The molecule has 1 unspecified atom stereocenters. The number of carboxylic acid groups (broad SMARTS) is 1. The molecule has 18 nitrogen and oxygen atoms in total. The van der Waals surface area contributed by atoms with Crippen LogP contribution in [0.3, 0.4) is 0 Å². The number of esters is 1. The molecule has 2 aliphatic rings. The second-order valence-corrected chi connectivity index (χ2v) is 12.7. The molecular weight excluding hydrogens is 684 g/mol. The number of carbonyl (C=O) groups excluding carboxylic acids is 1. The van der Waals surface area contributed by atoms with Crippen LogP contribution in [0.25, 0.3) is 22.3 Å². The molecule has 2 saturated heterocycles. The molecule has 9 N–H and O–H groups in total. The SMILES string of the molecule is C[C@@H]1O[C@@H](O[C@H]2[C@H](Oc3cc(O)c4c(=O)cc(-c5ccc(O)cc5)oc4c3)O[C@H](COC(=O)CC(C)(O)CC(=O)O)[C@@H](O)[C@@H]2O)[C@H](O)[C@H](O)[C@H]1O. The van der Waals surface area contributed by atoms with Gasteiger partial charge in [-0.15, -0.1) is 0 Å². The van der Waals surface area contributed by atoms with E-state index >= 15 is 0 Å². The number of aliphatic carboxylic acids is 1. The van der Waals surface area contributed by atoms with E-state index in [4.69, 9.17) is 33.2 Å². The molecular formula is C33H38O18. The van der Waals surface area contributed by atoms with Crippen molar-refractivity contribution < 1.29 is 83.6 Å². The number of phenols is 2. The maximum atomic E-state index is 13.0.